The van der Waals surface area contributed by atoms with Gasteiger partial charge in [0.15, 0.2) is 0 Å². The number of aromatic amines is 1. The Labute approximate surface area is 302 Å². The summed E-state index contributed by atoms with van der Waals surface area (Å²) in [6.45, 7) is 0.470. The maximum atomic E-state index is 13.7. The van der Waals surface area contributed by atoms with Crippen molar-refractivity contribution in [3.63, 3.8) is 0 Å². The molecular weight excluding hydrogens is 660 g/mol. The van der Waals surface area contributed by atoms with Crippen LogP contribution >= 0.6 is 0 Å². The number of H-pyrrole nitrogens is 1. The summed E-state index contributed by atoms with van der Waals surface area (Å²) < 4.78 is 10.6. The van der Waals surface area contributed by atoms with E-state index >= 15 is 0 Å². The van der Waals surface area contributed by atoms with Crippen molar-refractivity contribution in [2.45, 2.75) is 51.2 Å². The summed E-state index contributed by atoms with van der Waals surface area (Å²) in [6, 6.07) is 30.9. The molecule has 2 atom stereocenters. The molecule has 52 heavy (non-hydrogen) atoms. The Bertz CT molecular complexity index is 1920. The Morgan fingerprint density at radius 2 is 1.48 bits per heavy atom. The largest absolute Gasteiger partial charge is 0.497 e. The van der Waals surface area contributed by atoms with Crippen LogP contribution in [0, 0.1) is 5.92 Å². The van der Waals surface area contributed by atoms with Gasteiger partial charge in [0.25, 0.3) is 0 Å². The summed E-state index contributed by atoms with van der Waals surface area (Å²) in [7, 11) is 1.60. The van der Waals surface area contributed by atoms with Crippen molar-refractivity contribution >= 4 is 34.6 Å². The Morgan fingerprint density at radius 1 is 0.788 bits per heavy atom. The van der Waals surface area contributed by atoms with Crippen molar-refractivity contribution in [2.75, 3.05) is 13.7 Å². The van der Waals surface area contributed by atoms with Crippen LogP contribution in [0.15, 0.2) is 109 Å². The van der Waals surface area contributed by atoms with Crippen molar-refractivity contribution in [1.29, 1.82) is 0 Å². The first-order valence-corrected chi connectivity index (χ1v) is 17.3. The summed E-state index contributed by atoms with van der Waals surface area (Å²) in [6.07, 6.45) is 3.94. The maximum absolute atomic E-state index is 13.7. The van der Waals surface area contributed by atoms with Crippen LogP contribution in [0.4, 0.5) is 0 Å². The predicted molar refractivity (Wildman–Crippen MR) is 197 cm³/mol. The number of nitrogens with one attached hydrogen (secondary N) is 4. The number of aryl methyl sites for hydroxylation is 1. The van der Waals surface area contributed by atoms with Crippen LogP contribution in [0.2, 0.25) is 0 Å². The van der Waals surface area contributed by atoms with Gasteiger partial charge in [0, 0.05) is 42.4 Å². The third kappa shape index (κ3) is 10.8. The molecule has 1 aromatic heterocycles. The van der Waals surface area contributed by atoms with Crippen molar-refractivity contribution in [2.24, 2.45) is 5.92 Å². The molecule has 0 aliphatic carbocycles. The molecule has 0 saturated heterocycles. The Hall–Kier alpha value is -5.94. The van der Waals surface area contributed by atoms with Gasteiger partial charge < -0.3 is 25.1 Å². The number of methoxy groups -OCH3 is 1. The summed E-state index contributed by atoms with van der Waals surface area (Å²) in [5.41, 5.74) is 6.69. The van der Waals surface area contributed by atoms with Crippen LogP contribution in [0.1, 0.15) is 51.9 Å². The van der Waals surface area contributed by atoms with Crippen molar-refractivity contribution in [3.05, 3.63) is 137 Å². The molecule has 270 valence electrons. The second kappa shape index (κ2) is 18.9. The number of aromatic nitrogens is 1. The van der Waals surface area contributed by atoms with E-state index in [1.165, 1.54) is 0 Å². The fraction of sp³-hybridized carbons (Fsp3) is 0.268. The highest BCUT2D eigenvalue weighted by Crippen LogP contribution is 2.21. The number of para-hydroxylation sites is 1. The zero-order valence-corrected chi connectivity index (χ0v) is 29.1. The fourth-order valence-corrected chi connectivity index (χ4v) is 6.03. The summed E-state index contributed by atoms with van der Waals surface area (Å²) in [5.74, 6) is -1.96. The molecule has 5 rings (SSSR count). The molecule has 4 aromatic carbocycles. The monoisotopic (exact) mass is 704 g/mol. The molecule has 0 aliphatic rings. The second-order valence-electron chi connectivity index (χ2n) is 12.6. The van der Waals surface area contributed by atoms with Crippen LogP contribution in [0.25, 0.3) is 10.9 Å². The quantitative estimate of drug-likeness (QED) is 0.0461. The summed E-state index contributed by atoms with van der Waals surface area (Å²) in [4.78, 5) is 55.4. The van der Waals surface area contributed by atoms with E-state index in [1.54, 1.807) is 24.7 Å². The van der Waals surface area contributed by atoms with E-state index in [2.05, 4.69) is 15.6 Å². The number of hydroxylamine groups is 1. The second-order valence-corrected chi connectivity index (χ2v) is 12.6. The molecule has 0 fully saturated rings. The number of carbonyl (C=O) groups is 4. The van der Waals surface area contributed by atoms with Crippen LogP contribution in [-0.4, -0.2) is 53.6 Å². The first kappa shape index (κ1) is 37.3. The molecule has 3 amide bonds. The van der Waals surface area contributed by atoms with E-state index in [0.29, 0.717) is 31.2 Å². The topological polar surface area (TPSA) is 159 Å². The average Bonchev–Trinajstić information content (AvgIpc) is 3.59. The van der Waals surface area contributed by atoms with Gasteiger partial charge in [-0.25, -0.2) is 10.3 Å². The zero-order valence-electron chi connectivity index (χ0n) is 29.1. The van der Waals surface area contributed by atoms with Gasteiger partial charge in [-0.15, -0.1) is 0 Å². The lowest BCUT2D eigenvalue weighted by Gasteiger charge is -2.22. The minimum atomic E-state index is -0.935. The van der Waals surface area contributed by atoms with Gasteiger partial charge in [0.05, 0.1) is 12.7 Å². The SMILES string of the molecule is COc1ccc(CCC[C@@H](CC(=O)NO)C(=O)N[C@H](Cc2c[nH]c3ccccc23)C(=O)NCCc2ccc(C(=O)OCc3ccccc3)cc2)cc1. The Balaban J connectivity index is 1.21. The number of rotatable bonds is 18. The van der Waals surface area contributed by atoms with Crippen LogP contribution < -0.4 is 20.9 Å². The fourth-order valence-electron chi connectivity index (χ4n) is 6.03. The van der Waals surface area contributed by atoms with Crippen molar-refractivity contribution in [3.8, 4) is 5.75 Å². The van der Waals surface area contributed by atoms with Gasteiger partial charge in [0.2, 0.25) is 17.7 Å². The molecular formula is C41H44N4O7. The number of hydrogen-bond acceptors (Lipinski definition) is 7. The highest BCUT2D eigenvalue weighted by atomic mass is 16.5. The molecule has 0 aliphatic heterocycles. The number of benzene rings is 4. The average molecular weight is 705 g/mol. The Kier molecular flexibility index (Phi) is 13.6. The number of fused-ring (bicyclic) bond motifs is 1. The minimum Gasteiger partial charge on any atom is -0.497 e. The Morgan fingerprint density at radius 3 is 2.21 bits per heavy atom. The minimum absolute atomic E-state index is 0.183. The van der Waals surface area contributed by atoms with Gasteiger partial charge in [-0.1, -0.05) is 72.8 Å². The molecule has 5 aromatic rings. The number of hydrogen-bond donors (Lipinski definition) is 5. The van der Waals surface area contributed by atoms with Crippen LogP contribution in [0.3, 0.4) is 0 Å². The predicted octanol–water partition coefficient (Wildman–Crippen LogP) is 5.45. The number of amides is 3. The molecule has 1 heterocycles. The van der Waals surface area contributed by atoms with E-state index in [0.717, 1.165) is 38.9 Å². The highest BCUT2D eigenvalue weighted by molar-refractivity contribution is 5.92. The van der Waals surface area contributed by atoms with Crippen LogP contribution in [0.5, 0.6) is 5.75 Å². The third-order valence-corrected chi connectivity index (χ3v) is 8.95. The highest BCUT2D eigenvalue weighted by Gasteiger charge is 2.28. The van der Waals surface area contributed by atoms with E-state index < -0.39 is 29.7 Å². The smallest absolute Gasteiger partial charge is 0.338 e. The zero-order chi connectivity index (χ0) is 36.7. The molecule has 11 nitrogen and oxygen atoms in total. The molecule has 5 N–H and O–H groups in total. The van der Waals surface area contributed by atoms with Gasteiger partial charge >= 0.3 is 5.97 Å². The summed E-state index contributed by atoms with van der Waals surface area (Å²) >= 11 is 0. The standard InChI is InChI=1S/C41H44N4O7/c1-51-34-20-16-28(17-21-34)10-7-11-32(25-38(46)45-50)39(47)44-37(24-33-26-43-36-13-6-5-12-35(33)36)40(48)42-23-22-29-14-18-31(19-15-29)41(49)52-27-30-8-3-2-4-9-30/h2-6,8-9,12-21,26,32,37,43,50H,7,10-11,22-25,27H2,1H3,(H,42,48)(H,44,47)(H,45,46)/t32-,37+/m0/s1. The number of ether oxygens (including phenoxy) is 2. The maximum Gasteiger partial charge on any atom is 0.338 e. The first-order chi connectivity index (χ1) is 25.3. The molecule has 0 unspecified atom stereocenters. The van der Waals surface area contributed by atoms with Gasteiger partial charge in [-0.3, -0.25) is 19.6 Å². The number of esters is 1. The van der Waals surface area contributed by atoms with E-state index in [1.807, 2.05) is 97.2 Å². The lowest BCUT2D eigenvalue weighted by Crippen LogP contribution is -2.50. The lowest BCUT2D eigenvalue weighted by molar-refractivity contribution is -0.136. The van der Waals surface area contributed by atoms with Gasteiger partial charge in [-0.2, -0.15) is 0 Å². The van der Waals surface area contributed by atoms with Gasteiger partial charge in [0.1, 0.15) is 18.4 Å². The lowest BCUT2D eigenvalue weighted by atomic mass is 9.94. The van der Waals surface area contributed by atoms with E-state index in [4.69, 9.17) is 9.47 Å². The normalized spacial score (nSPS) is 12.0. The third-order valence-electron chi connectivity index (χ3n) is 8.95. The number of carbonyl (C=O) groups excluding carboxylic acids is 4. The van der Waals surface area contributed by atoms with Crippen LogP contribution in [-0.2, 0) is 45.0 Å². The molecule has 0 spiro atoms. The van der Waals surface area contributed by atoms with Crippen molar-refractivity contribution in [1.82, 2.24) is 21.1 Å². The van der Waals surface area contributed by atoms with Crippen molar-refractivity contribution < 1.29 is 33.9 Å². The molecule has 0 bridgehead atoms. The summed E-state index contributed by atoms with van der Waals surface area (Å²) in [5, 5.41) is 16.0. The van der Waals surface area contributed by atoms with Gasteiger partial charge in [-0.05, 0) is 78.3 Å². The molecule has 0 saturated carbocycles. The first-order valence-electron chi connectivity index (χ1n) is 17.3. The molecule has 0 radical (unpaired) electrons. The van der Waals surface area contributed by atoms with E-state index in [-0.39, 0.29) is 31.9 Å². The van der Waals surface area contributed by atoms with E-state index in [9.17, 15) is 24.4 Å². The molecule has 11 heteroatoms.